The number of carbonyl (C=O) groups excluding carboxylic acids is 17. The number of aliphatic hydroxyl groups excluding tert-OH is 2. The molecule has 1 aliphatic heterocycles. The lowest BCUT2D eigenvalue weighted by Gasteiger charge is -2.27. The average molecular weight is 1880 g/mol. The first kappa shape index (κ1) is 114. The molecule has 45 heteroatoms. The maximum atomic E-state index is 14.4. The summed E-state index contributed by atoms with van der Waals surface area (Å²) < 4.78 is 0. The first-order chi connectivity index (χ1) is 63.0. The minimum atomic E-state index is -1.81. The van der Waals surface area contributed by atoms with Crippen molar-refractivity contribution >= 4 is 124 Å². The molecule has 13 atom stereocenters. The highest BCUT2D eigenvalue weighted by atomic mass is 32.2. The number of guanidine groups is 2. The molecule has 44 nitrogen and oxygen atoms in total. The summed E-state index contributed by atoms with van der Waals surface area (Å²) in [4.78, 5) is 240. The van der Waals surface area contributed by atoms with E-state index in [2.05, 4.69) is 91.3 Å². The SMILES string of the molecule is CCCCCCCCCCCCCCCC(=O)NCCCN1C(=O)CC(SC[C@H](NC(=O)[C@H](CCCCN)NC(=O)[C@H](CCCN=C(N)N)NC(=O)[C@H](C)NC(=O)[C@H](CO)NC(=O)[C@H](CCCCN)NC(=O)[C@H](CCCN=C(N)N)NC(=O)[C@H](C)NC(=O)CNC(=O)[C@@H](NC(=O)[C@H](Cc2ccccc2)NC(=O)CNC(=O)CNC(=O)[C@@H](N)Cc2ccccc2)[C@@H](C)O)C(N)=O)C1=O. The third-order valence-electron chi connectivity index (χ3n) is 21.3. The van der Waals surface area contributed by atoms with E-state index in [4.69, 9.17) is 45.9 Å². The summed E-state index contributed by atoms with van der Waals surface area (Å²) in [6, 6.07) is 1.04. The van der Waals surface area contributed by atoms with Crippen LogP contribution in [0, 0.1) is 0 Å². The fraction of sp³-hybridized carbons (Fsp3) is 0.644. The van der Waals surface area contributed by atoms with Crippen molar-refractivity contribution in [3.8, 4) is 0 Å². The Morgan fingerprint density at radius 3 is 1.33 bits per heavy atom. The summed E-state index contributed by atoms with van der Waals surface area (Å²) in [5.74, 6) is -15.1. The van der Waals surface area contributed by atoms with Gasteiger partial charge in [-0.1, -0.05) is 145 Å². The molecule has 0 bridgehead atoms. The number of primary amides is 1. The largest absolute Gasteiger partial charge is 0.394 e. The summed E-state index contributed by atoms with van der Waals surface area (Å²) in [7, 11) is 0. The molecule has 132 heavy (non-hydrogen) atoms. The third kappa shape index (κ3) is 47.9. The number of nitrogens with two attached hydrogens (primary N) is 8. The molecule has 17 amide bonds. The van der Waals surface area contributed by atoms with Gasteiger partial charge in [0, 0.05) is 51.2 Å². The van der Waals surface area contributed by atoms with Crippen molar-refractivity contribution < 1.29 is 91.7 Å². The molecule has 2 aromatic rings. The number of benzene rings is 2. The van der Waals surface area contributed by atoms with Gasteiger partial charge >= 0.3 is 0 Å². The highest BCUT2D eigenvalue weighted by Crippen LogP contribution is 2.26. The summed E-state index contributed by atoms with van der Waals surface area (Å²) >= 11 is 0.928. The number of aliphatic hydroxyl groups is 2. The Morgan fingerprint density at radius 1 is 0.432 bits per heavy atom. The lowest BCUT2D eigenvalue weighted by Crippen LogP contribution is -2.60. The van der Waals surface area contributed by atoms with Crippen molar-refractivity contribution in [1.29, 1.82) is 0 Å². The zero-order valence-corrected chi connectivity index (χ0v) is 77.4. The molecule has 0 radical (unpaired) electrons. The van der Waals surface area contributed by atoms with E-state index in [1.54, 1.807) is 60.7 Å². The summed E-state index contributed by atoms with van der Waals surface area (Å²) in [5, 5.41) is 55.1. The fourth-order valence-electron chi connectivity index (χ4n) is 13.7. The number of hydrogen-bond donors (Lipinski definition) is 24. The van der Waals surface area contributed by atoms with E-state index in [1.165, 1.54) is 71.6 Å². The molecule has 2 aromatic carbocycles. The average Bonchev–Trinajstić information content (AvgIpc) is 1.69. The maximum absolute atomic E-state index is 14.4. The summed E-state index contributed by atoms with van der Waals surface area (Å²) in [5.41, 5.74) is 46.9. The summed E-state index contributed by atoms with van der Waals surface area (Å²) in [6.45, 7) is 3.24. The van der Waals surface area contributed by atoms with Crippen molar-refractivity contribution in [2.24, 2.45) is 55.9 Å². The molecule has 0 aromatic heterocycles. The number of nitrogens with one attached hydrogen (secondary N) is 14. The second kappa shape index (κ2) is 65.8. The highest BCUT2D eigenvalue weighted by Gasteiger charge is 2.41. The Kier molecular flexibility index (Phi) is 57.1. The number of unbranched alkanes of at least 4 members (excludes halogenated alkanes) is 14. The zero-order chi connectivity index (χ0) is 97.9. The molecule has 0 aliphatic carbocycles. The zero-order valence-electron chi connectivity index (χ0n) is 76.6. The van der Waals surface area contributed by atoms with Gasteiger partial charge in [-0.15, -0.1) is 11.8 Å². The van der Waals surface area contributed by atoms with Gasteiger partial charge in [-0.2, -0.15) is 0 Å². The van der Waals surface area contributed by atoms with E-state index in [1.807, 2.05) is 0 Å². The summed E-state index contributed by atoms with van der Waals surface area (Å²) in [6.07, 6.45) is 15.1. The van der Waals surface area contributed by atoms with E-state index in [-0.39, 0.29) is 133 Å². The first-order valence-electron chi connectivity index (χ1n) is 45.5. The monoisotopic (exact) mass is 1880 g/mol. The first-order valence-corrected chi connectivity index (χ1v) is 46.6. The van der Waals surface area contributed by atoms with Crippen LogP contribution in [0.2, 0.25) is 0 Å². The highest BCUT2D eigenvalue weighted by molar-refractivity contribution is 8.00. The number of nitrogens with zero attached hydrogens (tertiary/aromatic N) is 3. The molecule has 1 fully saturated rings. The molecule has 32 N–H and O–H groups in total. The molecule has 0 saturated carbocycles. The standard InChI is InChI=1S/C87H145N25O19S/c1-5-6-7-8-9-10-11-12-13-14-15-16-23-39-68(115)96-44-30-45-112-72(119)48-67(85(112)131)132-53-66(74(91)120)110-81(127)61(36-25-27-41-89)108-79(125)63(38-29-43-98-87(94)95)106-76(122)55(3)103-83(129)65(52-113)109-80(126)60(35-24-26-40-88)107-78(124)62(37-28-42-97-86(92)93)105-75(121)54(2)102-70(117)51-101-84(130)73(56(4)114)111-82(128)64(47-58-33-21-18-22-34-58)104-71(118)50-99-69(116)49-100-77(123)59(90)46-57-31-19-17-20-32-57/h17-22,31-34,54-56,59-67,73,113-114H,5-16,23-30,35-53,88-90H2,1-4H3,(H2,91,120)(H,96,115)(H,99,116)(H,100,123)(H,101,130)(H,102,117)(H,103,129)(H,104,118)(H,105,121)(H,106,122)(H,107,124)(H,108,125)(H,109,126)(H,110,127)(H,111,128)(H4,92,93,97)(H4,94,95,98)/t54-,55-,56+,59-,60-,61-,62-,63-,64-,65-,66-,67?,73-/m0/s1. The molecule has 3 rings (SSSR count). The number of amides is 17. The van der Waals surface area contributed by atoms with Crippen LogP contribution in [-0.2, 0) is 94.3 Å². The molecule has 1 aliphatic rings. The van der Waals surface area contributed by atoms with E-state index in [0.29, 0.717) is 31.2 Å². The van der Waals surface area contributed by atoms with Crippen molar-refractivity contribution in [1.82, 2.24) is 79.3 Å². The van der Waals surface area contributed by atoms with Crippen LogP contribution in [-0.4, -0.2) is 277 Å². The number of carbonyl (C=O) groups is 17. The lowest BCUT2D eigenvalue weighted by atomic mass is 10.0. The normalized spacial score (nSPS) is 15.0. The molecule has 1 unspecified atom stereocenters. The number of hydrogen-bond acceptors (Lipinski definition) is 25. The number of imide groups is 1. The van der Waals surface area contributed by atoms with Crippen LogP contribution >= 0.6 is 11.8 Å². The molecule has 1 heterocycles. The topological polar surface area (TPSA) is 735 Å². The van der Waals surface area contributed by atoms with Crippen LogP contribution in [0.3, 0.4) is 0 Å². The second-order valence-corrected chi connectivity index (χ2v) is 33.8. The van der Waals surface area contributed by atoms with Gasteiger partial charge in [-0.05, 0) is 128 Å². The van der Waals surface area contributed by atoms with Gasteiger partial charge in [0.1, 0.15) is 60.4 Å². The number of rotatable bonds is 70. The quantitative estimate of drug-likeness (QED) is 0.0128. The predicted octanol–water partition coefficient (Wildman–Crippen LogP) is -4.89. The molecule has 1 saturated heterocycles. The van der Waals surface area contributed by atoms with E-state index in [0.717, 1.165) is 54.8 Å². The van der Waals surface area contributed by atoms with Crippen molar-refractivity contribution in [2.45, 2.75) is 285 Å². The van der Waals surface area contributed by atoms with Gasteiger partial charge in [-0.3, -0.25) is 96.4 Å². The Bertz CT molecular complexity index is 4040. The molecular weight excluding hydrogens is 1730 g/mol. The van der Waals surface area contributed by atoms with Crippen molar-refractivity contribution in [2.75, 3.05) is 71.3 Å². The van der Waals surface area contributed by atoms with Crippen LogP contribution in [0.15, 0.2) is 70.6 Å². The Balaban J connectivity index is 1.66. The van der Waals surface area contributed by atoms with Crippen LogP contribution < -0.4 is 120 Å². The van der Waals surface area contributed by atoms with E-state index in [9.17, 15) is 91.7 Å². The van der Waals surface area contributed by atoms with Gasteiger partial charge in [0.15, 0.2) is 11.9 Å². The predicted molar refractivity (Wildman–Crippen MR) is 497 cm³/mol. The number of likely N-dealkylation sites (tertiary alicyclic amines) is 1. The Labute approximate surface area is 775 Å². The minimum absolute atomic E-state index is 0.0393. The number of aliphatic imine (C=N–C) groups is 2. The van der Waals surface area contributed by atoms with E-state index >= 15 is 0 Å². The second-order valence-electron chi connectivity index (χ2n) is 32.6. The Morgan fingerprint density at radius 2 is 0.848 bits per heavy atom. The van der Waals surface area contributed by atoms with Crippen LogP contribution in [0.5, 0.6) is 0 Å². The van der Waals surface area contributed by atoms with Gasteiger partial charge < -0.3 is 131 Å². The van der Waals surface area contributed by atoms with Crippen LogP contribution in [0.1, 0.15) is 206 Å². The molecule has 738 valence electrons. The fourth-order valence-corrected chi connectivity index (χ4v) is 14.9. The van der Waals surface area contributed by atoms with Crippen molar-refractivity contribution in [3.63, 3.8) is 0 Å². The van der Waals surface area contributed by atoms with Gasteiger partial charge in [-0.25, -0.2) is 0 Å². The third-order valence-corrected chi connectivity index (χ3v) is 22.6. The van der Waals surface area contributed by atoms with Gasteiger partial charge in [0.25, 0.3) is 0 Å². The minimum Gasteiger partial charge on any atom is -0.394 e. The van der Waals surface area contributed by atoms with Crippen molar-refractivity contribution in [3.05, 3.63) is 71.8 Å². The lowest BCUT2D eigenvalue weighted by molar-refractivity contribution is -0.138. The van der Waals surface area contributed by atoms with Gasteiger partial charge in [0.05, 0.1) is 43.6 Å². The van der Waals surface area contributed by atoms with E-state index < -0.39 is 199 Å². The van der Waals surface area contributed by atoms with Gasteiger partial charge in [0.2, 0.25) is 100 Å². The molecule has 0 spiro atoms. The number of thioether (sulfide) groups is 1. The smallest absolute Gasteiger partial charge is 0.245 e. The Hall–Kier alpha value is -11.7. The molecular formula is C87H145N25O19S. The maximum Gasteiger partial charge on any atom is 0.245 e. The van der Waals surface area contributed by atoms with Crippen LogP contribution in [0.25, 0.3) is 0 Å². The van der Waals surface area contributed by atoms with Crippen LogP contribution in [0.4, 0.5) is 0 Å².